The van der Waals surface area contributed by atoms with Crippen molar-refractivity contribution in [2.24, 2.45) is 0 Å². The fraction of sp³-hybridized carbons (Fsp3) is 0.778. The van der Waals surface area contributed by atoms with Gasteiger partial charge in [0.15, 0.2) is 0 Å². The molecule has 0 saturated heterocycles. The number of rotatable bonds is 1. The van der Waals surface area contributed by atoms with Gasteiger partial charge in [0.1, 0.15) is 11.7 Å². The summed E-state index contributed by atoms with van der Waals surface area (Å²) >= 11 is 0. The first-order valence-electron chi connectivity index (χ1n) is 3.90. The molecule has 0 radical (unpaired) electrons. The second-order valence-corrected chi connectivity index (χ2v) is 3.23. The van der Waals surface area contributed by atoms with Gasteiger partial charge in [-0.25, -0.2) is 0 Å². The van der Waals surface area contributed by atoms with Crippen LogP contribution in [0.3, 0.4) is 0 Å². The standard InChI is InChI=1S/C9H14O/c1-3-10-9(2)7-5-4-6-8-9/h1H,4-8H2,2H3. The van der Waals surface area contributed by atoms with Gasteiger partial charge in [0.2, 0.25) is 0 Å². The van der Waals surface area contributed by atoms with Crippen LogP contribution in [-0.4, -0.2) is 5.60 Å². The first kappa shape index (κ1) is 7.47. The summed E-state index contributed by atoms with van der Waals surface area (Å²) in [7, 11) is 0. The van der Waals surface area contributed by atoms with Gasteiger partial charge < -0.3 is 4.74 Å². The summed E-state index contributed by atoms with van der Waals surface area (Å²) in [5.74, 6) is 0. The molecule has 0 atom stereocenters. The Bertz CT molecular complexity index is 137. The predicted octanol–water partition coefficient (Wildman–Crippen LogP) is 2.32. The van der Waals surface area contributed by atoms with Crippen molar-refractivity contribution < 1.29 is 4.74 Å². The summed E-state index contributed by atoms with van der Waals surface area (Å²) in [4.78, 5) is 0. The van der Waals surface area contributed by atoms with Crippen LogP contribution in [0, 0.1) is 12.5 Å². The van der Waals surface area contributed by atoms with Gasteiger partial charge >= 0.3 is 0 Å². The van der Waals surface area contributed by atoms with Crippen LogP contribution < -0.4 is 0 Å². The molecule has 0 aromatic heterocycles. The van der Waals surface area contributed by atoms with Crippen molar-refractivity contribution in [3.8, 4) is 12.5 Å². The van der Waals surface area contributed by atoms with E-state index in [9.17, 15) is 0 Å². The van der Waals surface area contributed by atoms with Gasteiger partial charge in [-0.2, -0.15) is 0 Å². The number of hydrogen-bond donors (Lipinski definition) is 0. The van der Waals surface area contributed by atoms with Crippen LogP contribution in [0.2, 0.25) is 0 Å². The van der Waals surface area contributed by atoms with E-state index in [1.807, 2.05) is 0 Å². The minimum atomic E-state index is -0.00694. The van der Waals surface area contributed by atoms with Crippen molar-refractivity contribution in [3.63, 3.8) is 0 Å². The van der Waals surface area contributed by atoms with E-state index < -0.39 is 0 Å². The molecular formula is C9H14O. The molecule has 1 heteroatoms. The van der Waals surface area contributed by atoms with Gasteiger partial charge in [-0.3, -0.25) is 0 Å². The fourth-order valence-electron chi connectivity index (χ4n) is 1.54. The lowest BCUT2D eigenvalue weighted by Crippen LogP contribution is -2.29. The van der Waals surface area contributed by atoms with Gasteiger partial charge in [0, 0.05) is 0 Å². The molecule has 0 bridgehead atoms. The molecule has 0 aromatic rings. The lowest BCUT2D eigenvalue weighted by atomic mass is 9.86. The zero-order chi connectivity index (χ0) is 7.45. The van der Waals surface area contributed by atoms with Crippen LogP contribution in [0.5, 0.6) is 0 Å². The van der Waals surface area contributed by atoms with Crippen molar-refractivity contribution in [2.45, 2.75) is 44.6 Å². The summed E-state index contributed by atoms with van der Waals surface area (Å²) in [6.07, 6.45) is 13.5. The maximum Gasteiger partial charge on any atom is 0.118 e. The SMILES string of the molecule is C#COC1(C)CCCCC1. The molecule has 56 valence electrons. The average molecular weight is 138 g/mol. The van der Waals surface area contributed by atoms with E-state index in [1.165, 1.54) is 19.3 Å². The summed E-state index contributed by atoms with van der Waals surface area (Å²) in [6, 6.07) is 0. The molecule has 0 amide bonds. The Morgan fingerprint density at radius 3 is 2.40 bits per heavy atom. The Hall–Kier alpha value is -0.640. The Kier molecular flexibility index (Phi) is 2.21. The van der Waals surface area contributed by atoms with Crippen molar-refractivity contribution >= 4 is 0 Å². The highest BCUT2D eigenvalue weighted by molar-refractivity contribution is 4.85. The van der Waals surface area contributed by atoms with Crippen LogP contribution >= 0.6 is 0 Å². The van der Waals surface area contributed by atoms with Crippen LogP contribution in [0.4, 0.5) is 0 Å². The molecule has 1 rings (SSSR count). The first-order valence-corrected chi connectivity index (χ1v) is 3.90. The number of terminal acetylenes is 1. The first-order chi connectivity index (χ1) is 4.77. The summed E-state index contributed by atoms with van der Waals surface area (Å²) in [6.45, 7) is 2.10. The minimum absolute atomic E-state index is 0.00694. The van der Waals surface area contributed by atoms with Gasteiger partial charge in [-0.05, 0) is 32.6 Å². The smallest absolute Gasteiger partial charge is 0.118 e. The normalized spacial score (nSPS) is 23.2. The van der Waals surface area contributed by atoms with Crippen LogP contribution in [-0.2, 0) is 4.74 Å². The third kappa shape index (κ3) is 1.67. The molecule has 0 aliphatic heterocycles. The van der Waals surface area contributed by atoms with E-state index in [4.69, 9.17) is 11.2 Å². The minimum Gasteiger partial charge on any atom is -0.440 e. The topological polar surface area (TPSA) is 9.23 Å². The number of hydrogen-bond acceptors (Lipinski definition) is 1. The van der Waals surface area contributed by atoms with E-state index in [1.54, 1.807) is 0 Å². The molecular weight excluding hydrogens is 124 g/mol. The maximum absolute atomic E-state index is 5.20. The lowest BCUT2D eigenvalue weighted by Gasteiger charge is -2.30. The Balaban J connectivity index is 2.42. The quantitative estimate of drug-likeness (QED) is 0.505. The highest BCUT2D eigenvalue weighted by Gasteiger charge is 2.27. The third-order valence-electron chi connectivity index (χ3n) is 2.22. The third-order valence-corrected chi connectivity index (χ3v) is 2.22. The molecule has 1 nitrogen and oxygen atoms in total. The van der Waals surface area contributed by atoms with Crippen LogP contribution in [0.15, 0.2) is 0 Å². The Morgan fingerprint density at radius 2 is 1.90 bits per heavy atom. The molecule has 0 unspecified atom stereocenters. The van der Waals surface area contributed by atoms with E-state index in [0.717, 1.165) is 12.8 Å². The average Bonchev–Trinajstić information content (AvgIpc) is 1.89. The second-order valence-electron chi connectivity index (χ2n) is 3.23. The molecule has 10 heavy (non-hydrogen) atoms. The van der Waals surface area contributed by atoms with E-state index in [-0.39, 0.29) is 5.60 Å². The van der Waals surface area contributed by atoms with Crippen LogP contribution in [0.1, 0.15) is 39.0 Å². The van der Waals surface area contributed by atoms with Gasteiger partial charge in [0.25, 0.3) is 0 Å². The highest BCUT2D eigenvalue weighted by Crippen LogP contribution is 2.30. The summed E-state index contributed by atoms with van der Waals surface area (Å²) < 4.78 is 5.20. The molecule has 1 aliphatic carbocycles. The lowest BCUT2D eigenvalue weighted by molar-refractivity contribution is 0.0211. The largest absolute Gasteiger partial charge is 0.440 e. The summed E-state index contributed by atoms with van der Waals surface area (Å²) in [5, 5.41) is 0. The number of ether oxygens (including phenoxy) is 1. The van der Waals surface area contributed by atoms with Crippen molar-refractivity contribution in [3.05, 3.63) is 0 Å². The van der Waals surface area contributed by atoms with Crippen molar-refractivity contribution in [2.75, 3.05) is 0 Å². The van der Waals surface area contributed by atoms with Crippen molar-refractivity contribution in [1.82, 2.24) is 0 Å². The zero-order valence-corrected chi connectivity index (χ0v) is 6.52. The monoisotopic (exact) mass is 138 g/mol. The molecule has 1 saturated carbocycles. The van der Waals surface area contributed by atoms with E-state index in [0.29, 0.717) is 0 Å². The van der Waals surface area contributed by atoms with E-state index >= 15 is 0 Å². The predicted molar refractivity (Wildman–Crippen MR) is 41.4 cm³/mol. The molecule has 0 aromatic carbocycles. The van der Waals surface area contributed by atoms with Crippen molar-refractivity contribution in [1.29, 1.82) is 0 Å². The fourth-order valence-corrected chi connectivity index (χ4v) is 1.54. The Labute approximate surface area is 62.8 Å². The molecule has 0 heterocycles. The highest BCUT2D eigenvalue weighted by atomic mass is 16.5. The maximum atomic E-state index is 5.20. The van der Waals surface area contributed by atoms with Gasteiger partial charge in [-0.1, -0.05) is 12.8 Å². The Morgan fingerprint density at radius 1 is 1.30 bits per heavy atom. The van der Waals surface area contributed by atoms with Gasteiger partial charge in [0.05, 0.1) is 0 Å². The van der Waals surface area contributed by atoms with Crippen LogP contribution in [0.25, 0.3) is 0 Å². The zero-order valence-electron chi connectivity index (χ0n) is 6.52. The molecule has 0 N–H and O–H groups in total. The molecule has 1 aliphatic rings. The molecule has 1 fully saturated rings. The summed E-state index contributed by atoms with van der Waals surface area (Å²) in [5.41, 5.74) is -0.00694. The molecule has 0 spiro atoms. The van der Waals surface area contributed by atoms with Gasteiger partial charge in [-0.15, -0.1) is 0 Å². The van der Waals surface area contributed by atoms with E-state index in [2.05, 4.69) is 13.0 Å². The second kappa shape index (κ2) is 2.96.